The molecule has 12 atom stereocenters. The molecular weight excluding hydrogens is 1980 g/mol. The lowest BCUT2D eigenvalue weighted by Crippen LogP contribution is -2.58. The van der Waals surface area contributed by atoms with Crippen molar-refractivity contribution in [3.63, 3.8) is 0 Å². The summed E-state index contributed by atoms with van der Waals surface area (Å²) in [7, 11) is 0. The van der Waals surface area contributed by atoms with Gasteiger partial charge < -0.3 is 141 Å². The predicted octanol–water partition coefficient (Wildman–Crippen LogP) is -3.98. The number of aryl methyl sites for hydroxylation is 1. The molecule has 0 bridgehead atoms. The summed E-state index contributed by atoms with van der Waals surface area (Å²) in [6, 6.07) is 4.75. The molecule has 804 valence electrons. The van der Waals surface area contributed by atoms with E-state index in [1.807, 2.05) is 6.92 Å². The highest BCUT2D eigenvalue weighted by molar-refractivity contribution is 5.97. The number of hydrogen-bond acceptors (Lipinski definition) is 36. The molecule has 3 fully saturated rings. The van der Waals surface area contributed by atoms with Crippen molar-refractivity contribution in [1.29, 1.82) is 0 Å². The monoisotopic (exact) mass is 2090 g/mol. The van der Waals surface area contributed by atoms with Crippen molar-refractivity contribution in [3.8, 4) is 17.1 Å². The number of anilines is 3. The minimum atomic E-state index is -4.07. The Morgan fingerprint density at radius 2 is 0.980 bits per heavy atom. The number of aliphatic hydroxyl groups is 7. The fraction of sp³-hybridized carbons (Fsp3) is 0.573. The van der Waals surface area contributed by atoms with E-state index >= 15 is 4.39 Å². The molecule has 1 aromatic carbocycles. The Balaban J connectivity index is 0.658. The van der Waals surface area contributed by atoms with E-state index in [-0.39, 0.29) is 101 Å². The fourth-order valence-electron chi connectivity index (χ4n) is 16.1. The summed E-state index contributed by atoms with van der Waals surface area (Å²) in [5, 5.41) is 96.1. The van der Waals surface area contributed by atoms with Crippen molar-refractivity contribution >= 4 is 99.3 Å². The number of carbonyl (C=O) groups is 12. The smallest absolute Gasteiger partial charge is 0.351 e. The first kappa shape index (κ1) is 114. The van der Waals surface area contributed by atoms with Crippen LogP contribution in [-0.4, -0.2) is 322 Å². The van der Waals surface area contributed by atoms with Gasteiger partial charge in [-0.3, -0.25) is 71.2 Å². The van der Waals surface area contributed by atoms with Crippen LogP contribution in [0.2, 0.25) is 0 Å². The van der Waals surface area contributed by atoms with E-state index in [4.69, 9.17) is 47.6 Å². The number of halogens is 7. The average Bonchev–Trinajstić information content (AvgIpc) is 1.58. The fourth-order valence-corrected chi connectivity index (χ4v) is 16.1. The summed E-state index contributed by atoms with van der Waals surface area (Å²) in [6.45, 7) is -1.61. The molecule has 58 heteroatoms. The number of ether oxygens (including phenoxy) is 9. The molecule has 6 aromatic rings. The SMILES string of the molecule is CCc1c2c(nc3cc(F)c(OCCCOCNC(=O)[C@H](C)NC(=O)[C@@H](NC(=O)CCCC(=O)NCCCC(=O)NC(COCCC(=O)NCC(=O)Nc4ccn([C@@H]5O[C@H](CO)[C@@H](O)C5(F)F)c(=O)n4)(COCCC(=O)NCC(=O)Nc4ccn([C@@H]5O[C@H](CO)[C@@H](O)C5(F)F)c(=O)n4)COCCC(=O)NCC(=O)Nc4ccn([C@@H]5O[C@H](CO)[C@@H](O)C5(F)F)c(=O)n4)C(C)C)cc13)-c1cc3c(c(=O)n1C2)COC(=O)[C@]3(O)CC. The summed E-state index contributed by atoms with van der Waals surface area (Å²) in [5.74, 6) is -24.9. The standard InChI is InChI=1S/C89H112F7N19O32/c1-6-46-47-29-54(51(90)31-52(47)103-71-48(46)35-115-53(71)30-50-49(77(115)133)39-144-81(134)86(50,138)7-2)143-25-10-24-142-43-101-75(131)45(5)102-76(132)70(44(3)4)110-65(123)12-8-11-61(119)97-20-9-13-66(124)111-85(40-139-26-17-62(120)98-32-67(125)104-58-14-21-112(82(135)107-58)78-87(91,92)72(128)55(36-116)145-78,41-140-27-18-63(121)99-33-68(126)105-59-15-22-113(83(136)108-59)79-88(93,94)73(129)56(37-117)146-79)42-141-28-19-64(122)100-34-69(127)106-60-16-23-114(84(137)109-60)80-89(95,96)74(130)57(38-118)147-80/h14-16,21-23,29-31,44-45,55-57,70,72-74,78-80,116-118,128-130,138H,6-13,17-20,24-28,32-43H2,1-5H3,(H,97,119)(H,98,120)(H,99,121)(H,100,122)(H,101,131)(H,102,132)(H,110,123)(H,111,124)(H,104,107,125,135)(H,105,108,126,136)(H,106,109,127,137)/t45-,55+,56+,57+,70-,72+,73+,74+,78+,79+,80+,86-/m0/s1. The van der Waals surface area contributed by atoms with Crippen LogP contribution < -0.4 is 85.9 Å². The molecule has 0 radical (unpaired) electrons. The van der Waals surface area contributed by atoms with Crippen LogP contribution in [0.5, 0.6) is 5.75 Å². The number of carbonyl (C=O) groups excluding carboxylic acids is 12. The second-order valence-electron chi connectivity index (χ2n) is 35.0. The first-order valence-corrected chi connectivity index (χ1v) is 46.4. The minimum Gasteiger partial charge on any atom is -0.490 e. The molecule has 5 aliphatic rings. The van der Waals surface area contributed by atoms with Gasteiger partial charge >= 0.3 is 40.8 Å². The van der Waals surface area contributed by atoms with Crippen molar-refractivity contribution in [1.82, 2.24) is 80.7 Å². The highest BCUT2D eigenvalue weighted by Crippen LogP contribution is 2.46. The van der Waals surface area contributed by atoms with Gasteiger partial charge in [-0.1, -0.05) is 27.7 Å². The van der Waals surface area contributed by atoms with Crippen LogP contribution in [0.1, 0.15) is 140 Å². The second kappa shape index (κ2) is 50.3. The Kier molecular flexibility index (Phi) is 39.0. The van der Waals surface area contributed by atoms with E-state index in [2.05, 4.69) is 73.4 Å². The number of pyridine rings is 2. The number of nitrogens with one attached hydrogen (secondary N) is 11. The van der Waals surface area contributed by atoms with E-state index in [1.165, 1.54) is 23.6 Å². The number of benzene rings is 1. The summed E-state index contributed by atoms with van der Waals surface area (Å²) in [5.41, 5.74) is -5.70. The molecule has 10 heterocycles. The summed E-state index contributed by atoms with van der Waals surface area (Å²) in [6.07, 6.45) is -19.8. The van der Waals surface area contributed by atoms with Crippen LogP contribution >= 0.6 is 0 Å². The summed E-state index contributed by atoms with van der Waals surface area (Å²) in [4.78, 5) is 226. The van der Waals surface area contributed by atoms with Gasteiger partial charge in [0.25, 0.3) is 5.56 Å². The lowest BCUT2D eigenvalue weighted by atomic mass is 9.86. The maximum Gasteiger partial charge on any atom is 0.351 e. The van der Waals surface area contributed by atoms with Gasteiger partial charge in [0.2, 0.25) is 83.7 Å². The Bertz CT molecular complexity index is 5780. The maximum absolute atomic E-state index is 15.7. The Labute approximate surface area is 827 Å². The van der Waals surface area contributed by atoms with E-state index in [9.17, 15) is 139 Å². The van der Waals surface area contributed by atoms with E-state index in [1.54, 1.807) is 26.8 Å². The van der Waals surface area contributed by atoms with Crippen molar-refractivity contribution in [3.05, 3.63) is 125 Å². The van der Waals surface area contributed by atoms with Gasteiger partial charge in [-0.2, -0.15) is 41.3 Å². The largest absolute Gasteiger partial charge is 0.490 e. The highest BCUT2D eigenvalue weighted by Gasteiger charge is 2.62. The van der Waals surface area contributed by atoms with Gasteiger partial charge in [-0.25, -0.2) is 28.6 Å². The Hall–Kier alpha value is -13.4. The Morgan fingerprint density at radius 1 is 0.524 bits per heavy atom. The molecule has 3 saturated heterocycles. The first-order valence-electron chi connectivity index (χ1n) is 46.4. The van der Waals surface area contributed by atoms with Crippen molar-refractivity contribution in [2.45, 2.75) is 215 Å². The van der Waals surface area contributed by atoms with Crippen molar-refractivity contribution in [2.75, 3.05) is 122 Å². The Morgan fingerprint density at radius 3 is 1.41 bits per heavy atom. The van der Waals surface area contributed by atoms with Gasteiger partial charge in [0.05, 0.1) is 121 Å². The molecule has 11 amide bonds. The van der Waals surface area contributed by atoms with Crippen LogP contribution in [0.4, 0.5) is 48.2 Å². The zero-order chi connectivity index (χ0) is 107. The molecule has 18 N–H and O–H groups in total. The second-order valence-corrected chi connectivity index (χ2v) is 35.0. The lowest BCUT2D eigenvalue weighted by molar-refractivity contribution is -0.172. The normalized spacial score (nSPS) is 20.7. The molecule has 0 saturated carbocycles. The molecule has 147 heavy (non-hydrogen) atoms. The molecule has 0 unspecified atom stereocenters. The minimum absolute atomic E-state index is 0.0214. The lowest BCUT2D eigenvalue weighted by Gasteiger charge is -2.34. The highest BCUT2D eigenvalue weighted by atomic mass is 19.3. The molecule has 0 aliphatic carbocycles. The third-order valence-electron chi connectivity index (χ3n) is 24.0. The first-order chi connectivity index (χ1) is 69.7. The van der Waals surface area contributed by atoms with Crippen LogP contribution in [0, 0.1) is 11.7 Å². The number of rotatable bonds is 53. The molecular formula is C89H112F7N19O32. The quantitative estimate of drug-likeness (QED) is 0.00748. The van der Waals surface area contributed by atoms with Crippen LogP contribution in [0.3, 0.4) is 0 Å². The number of fused-ring (bicyclic) bond motifs is 5. The van der Waals surface area contributed by atoms with Crippen LogP contribution in [0.25, 0.3) is 22.3 Å². The molecule has 11 rings (SSSR count). The van der Waals surface area contributed by atoms with Gasteiger partial charge in [0.15, 0.2) is 35.5 Å². The van der Waals surface area contributed by atoms with Crippen molar-refractivity contribution in [2.24, 2.45) is 5.92 Å². The van der Waals surface area contributed by atoms with E-state index in [0.29, 0.717) is 42.5 Å². The number of alkyl halides is 6. The van der Waals surface area contributed by atoms with Gasteiger partial charge in [0, 0.05) is 92.7 Å². The van der Waals surface area contributed by atoms with Crippen LogP contribution in [0.15, 0.2) is 74.2 Å². The number of hydrogen-bond donors (Lipinski definition) is 18. The summed E-state index contributed by atoms with van der Waals surface area (Å²) < 4.78 is 156. The number of esters is 1. The van der Waals surface area contributed by atoms with Gasteiger partial charge in [-0.15, -0.1) is 0 Å². The topological polar surface area (TPSA) is 701 Å². The third kappa shape index (κ3) is 27.9. The van der Waals surface area contributed by atoms with Crippen molar-refractivity contribution < 1.29 is 167 Å². The zero-order valence-electron chi connectivity index (χ0n) is 79.7. The van der Waals surface area contributed by atoms with Crippen LogP contribution in [-0.2, 0) is 121 Å². The molecule has 5 aliphatic heterocycles. The number of nitrogens with zero attached hydrogens (tertiary/aromatic N) is 8. The predicted molar refractivity (Wildman–Crippen MR) is 487 cm³/mol. The average molecular weight is 2090 g/mol. The zero-order valence-corrected chi connectivity index (χ0v) is 79.7. The van der Waals surface area contributed by atoms with E-state index in [0.717, 1.165) is 42.4 Å². The molecule has 5 aromatic heterocycles. The number of aromatic nitrogens is 8. The van der Waals surface area contributed by atoms with Gasteiger partial charge in [-0.05, 0) is 74.4 Å². The molecule has 51 nitrogen and oxygen atoms in total. The van der Waals surface area contributed by atoms with E-state index < -0.39 is 324 Å². The van der Waals surface area contributed by atoms with Gasteiger partial charge in [0.1, 0.15) is 66.7 Å². The number of amides is 11. The number of aliphatic hydroxyl groups excluding tert-OH is 6. The molecule has 0 spiro atoms. The summed E-state index contributed by atoms with van der Waals surface area (Å²) >= 11 is 0. The third-order valence-corrected chi connectivity index (χ3v) is 24.0. The maximum atomic E-state index is 15.7. The number of cyclic esters (lactones) is 1.